The fourth-order valence-corrected chi connectivity index (χ4v) is 1.47. The van der Waals surface area contributed by atoms with Gasteiger partial charge in [-0.15, -0.1) is 10.2 Å². The summed E-state index contributed by atoms with van der Waals surface area (Å²) in [6.45, 7) is 0. The van der Waals surface area contributed by atoms with Crippen LogP contribution < -0.4 is 4.90 Å². The second kappa shape index (κ2) is 3.54. The van der Waals surface area contributed by atoms with Crippen LogP contribution in [0.25, 0.3) is 10.9 Å². The lowest BCUT2D eigenvalue weighted by molar-refractivity contribution is 0.984. The van der Waals surface area contributed by atoms with Crippen molar-refractivity contribution in [1.29, 1.82) is 5.26 Å². The van der Waals surface area contributed by atoms with Gasteiger partial charge in [0.15, 0.2) is 5.82 Å². The van der Waals surface area contributed by atoms with E-state index in [1.807, 2.05) is 38.4 Å². The molecule has 0 bridgehead atoms. The van der Waals surface area contributed by atoms with E-state index in [2.05, 4.69) is 16.3 Å². The second-order valence-electron chi connectivity index (χ2n) is 3.42. The first kappa shape index (κ1) is 9.41. The van der Waals surface area contributed by atoms with Crippen molar-refractivity contribution in [3.8, 4) is 6.07 Å². The van der Waals surface area contributed by atoms with Crippen LogP contribution >= 0.6 is 0 Å². The minimum atomic E-state index is 0.575. The van der Waals surface area contributed by atoms with Gasteiger partial charge in [-0.05, 0) is 6.07 Å². The fourth-order valence-electron chi connectivity index (χ4n) is 1.47. The number of fused-ring (bicyclic) bond motifs is 1. The summed E-state index contributed by atoms with van der Waals surface area (Å²) in [7, 11) is 3.69. The van der Waals surface area contributed by atoms with E-state index in [0.29, 0.717) is 11.4 Å². The fraction of sp³-hybridized carbons (Fsp3) is 0.182. The monoisotopic (exact) mass is 198 g/mol. The van der Waals surface area contributed by atoms with Gasteiger partial charge in [0, 0.05) is 19.5 Å². The Kier molecular flexibility index (Phi) is 2.22. The first-order chi connectivity index (χ1) is 7.24. The largest absolute Gasteiger partial charge is 0.360 e. The molecule has 0 aliphatic rings. The summed E-state index contributed by atoms with van der Waals surface area (Å²) in [5, 5.41) is 18.1. The molecular formula is C11H10N4. The maximum Gasteiger partial charge on any atom is 0.169 e. The second-order valence-corrected chi connectivity index (χ2v) is 3.42. The molecule has 1 aromatic carbocycles. The average molecular weight is 198 g/mol. The predicted molar refractivity (Wildman–Crippen MR) is 58.6 cm³/mol. The lowest BCUT2D eigenvalue weighted by atomic mass is 10.1. The highest BCUT2D eigenvalue weighted by Gasteiger charge is 2.10. The maximum atomic E-state index is 9.12. The van der Waals surface area contributed by atoms with E-state index < -0.39 is 0 Å². The Morgan fingerprint density at radius 1 is 1.20 bits per heavy atom. The molecule has 0 saturated carbocycles. The Balaban J connectivity index is 2.83. The molecule has 0 saturated heterocycles. The summed E-state index contributed by atoms with van der Waals surface area (Å²) in [5.74, 6) is 0.608. The van der Waals surface area contributed by atoms with E-state index in [4.69, 9.17) is 5.26 Å². The van der Waals surface area contributed by atoms with E-state index in [1.165, 1.54) is 0 Å². The number of rotatable bonds is 1. The number of hydrogen-bond acceptors (Lipinski definition) is 4. The normalized spacial score (nSPS) is 9.93. The third-order valence-electron chi connectivity index (χ3n) is 2.18. The molecule has 1 aromatic heterocycles. The first-order valence-electron chi connectivity index (χ1n) is 4.57. The van der Waals surface area contributed by atoms with E-state index in [-0.39, 0.29) is 0 Å². The van der Waals surface area contributed by atoms with Gasteiger partial charge in [0.2, 0.25) is 0 Å². The number of anilines is 1. The van der Waals surface area contributed by atoms with Crippen molar-refractivity contribution in [2.24, 2.45) is 0 Å². The van der Waals surface area contributed by atoms with Crippen molar-refractivity contribution in [3.63, 3.8) is 0 Å². The van der Waals surface area contributed by atoms with Gasteiger partial charge in [-0.3, -0.25) is 0 Å². The molecule has 0 atom stereocenters. The molecule has 0 fully saturated rings. The predicted octanol–water partition coefficient (Wildman–Crippen LogP) is 1.57. The SMILES string of the molecule is CN(C)c1nnc2ccccc2c1C#N. The molecule has 1 heterocycles. The van der Waals surface area contributed by atoms with Crippen LogP contribution in [0.15, 0.2) is 24.3 Å². The van der Waals surface area contributed by atoms with Gasteiger partial charge in [0.1, 0.15) is 11.6 Å². The van der Waals surface area contributed by atoms with Gasteiger partial charge >= 0.3 is 0 Å². The minimum absolute atomic E-state index is 0.575. The number of benzene rings is 1. The molecule has 0 aliphatic carbocycles. The zero-order valence-electron chi connectivity index (χ0n) is 8.60. The summed E-state index contributed by atoms with van der Waals surface area (Å²) in [6, 6.07) is 9.69. The Morgan fingerprint density at radius 2 is 1.93 bits per heavy atom. The highest BCUT2D eigenvalue weighted by atomic mass is 15.2. The summed E-state index contributed by atoms with van der Waals surface area (Å²) in [4.78, 5) is 1.79. The molecule has 4 nitrogen and oxygen atoms in total. The third-order valence-corrected chi connectivity index (χ3v) is 2.18. The summed E-state index contributed by atoms with van der Waals surface area (Å²) < 4.78 is 0. The van der Waals surface area contributed by atoms with Crippen LogP contribution in [0, 0.1) is 11.3 Å². The summed E-state index contributed by atoms with van der Waals surface area (Å²) in [5.41, 5.74) is 1.32. The molecule has 0 amide bonds. The molecular weight excluding hydrogens is 188 g/mol. The quantitative estimate of drug-likeness (QED) is 0.697. The van der Waals surface area contributed by atoms with Crippen LogP contribution in [0.4, 0.5) is 5.82 Å². The van der Waals surface area contributed by atoms with Crippen molar-refractivity contribution in [2.75, 3.05) is 19.0 Å². The van der Waals surface area contributed by atoms with Crippen LogP contribution in [-0.4, -0.2) is 24.3 Å². The minimum Gasteiger partial charge on any atom is -0.360 e. The lowest BCUT2D eigenvalue weighted by Gasteiger charge is -2.12. The molecule has 74 valence electrons. The van der Waals surface area contributed by atoms with Crippen LogP contribution in [-0.2, 0) is 0 Å². The number of hydrogen-bond donors (Lipinski definition) is 0. The Labute approximate surface area is 87.8 Å². The van der Waals surface area contributed by atoms with Crippen molar-refractivity contribution < 1.29 is 0 Å². The molecule has 4 heteroatoms. The molecule has 0 N–H and O–H groups in total. The van der Waals surface area contributed by atoms with Gasteiger partial charge in [0.05, 0.1) is 5.52 Å². The van der Waals surface area contributed by atoms with Gasteiger partial charge in [-0.2, -0.15) is 5.26 Å². The van der Waals surface area contributed by atoms with Crippen LogP contribution in [0.3, 0.4) is 0 Å². The van der Waals surface area contributed by atoms with Crippen molar-refractivity contribution in [2.45, 2.75) is 0 Å². The van der Waals surface area contributed by atoms with Gasteiger partial charge in [-0.25, -0.2) is 0 Å². The van der Waals surface area contributed by atoms with Crippen molar-refractivity contribution in [3.05, 3.63) is 29.8 Å². The van der Waals surface area contributed by atoms with E-state index >= 15 is 0 Å². The molecule has 0 radical (unpaired) electrons. The summed E-state index contributed by atoms with van der Waals surface area (Å²) >= 11 is 0. The third kappa shape index (κ3) is 1.48. The number of aromatic nitrogens is 2. The van der Waals surface area contributed by atoms with Gasteiger partial charge < -0.3 is 4.90 Å². The van der Waals surface area contributed by atoms with Crippen molar-refractivity contribution >= 4 is 16.7 Å². The standard InChI is InChI=1S/C11H10N4/c1-15(2)11-9(7-12)8-5-3-4-6-10(8)13-14-11/h3-6H,1-2H3. The lowest BCUT2D eigenvalue weighted by Crippen LogP contribution is -2.13. The Bertz CT molecular complexity index is 540. The highest BCUT2D eigenvalue weighted by molar-refractivity contribution is 5.87. The average Bonchev–Trinajstić information content (AvgIpc) is 2.27. The smallest absolute Gasteiger partial charge is 0.169 e. The number of nitriles is 1. The number of nitrogens with zero attached hydrogens (tertiary/aromatic N) is 4. The molecule has 0 aliphatic heterocycles. The zero-order chi connectivity index (χ0) is 10.8. The molecule has 0 unspecified atom stereocenters. The topological polar surface area (TPSA) is 52.8 Å². The first-order valence-corrected chi connectivity index (χ1v) is 4.57. The molecule has 2 rings (SSSR count). The van der Waals surface area contributed by atoms with Gasteiger partial charge in [-0.1, -0.05) is 18.2 Å². The Morgan fingerprint density at radius 3 is 2.60 bits per heavy atom. The highest BCUT2D eigenvalue weighted by Crippen LogP contribution is 2.22. The summed E-state index contributed by atoms with van der Waals surface area (Å²) in [6.07, 6.45) is 0. The van der Waals surface area contributed by atoms with E-state index in [9.17, 15) is 0 Å². The van der Waals surface area contributed by atoms with E-state index in [0.717, 1.165) is 10.9 Å². The van der Waals surface area contributed by atoms with Crippen LogP contribution in [0.5, 0.6) is 0 Å². The van der Waals surface area contributed by atoms with Crippen LogP contribution in [0.1, 0.15) is 5.56 Å². The maximum absolute atomic E-state index is 9.12. The zero-order valence-corrected chi connectivity index (χ0v) is 8.60. The Hall–Kier alpha value is -2.15. The molecule has 15 heavy (non-hydrogen) atoms. The van der Waals surface area contributed by atoms with Crippen LogP contribution in [0.2, 0.25) is 0 Å². The van der Waals surface area contributed by atoms with E-state index in [1.54, 1.807) is 4.90 Å². The van der Waals surface area contributed by atoms with Crippen molar-refractivity contribution in [1.82, 2.24) is 10.2 Å². The molecule has 2 aromatic rings. The van der Waals surface area contributed by atoms with Gasteiger partial charge in [0.25, 0.3) is 0 Å². The molecule has 0 spiro atoms.